The van der Waals surface area contributed by atoms with Crippen molar-refractivity contribution in [1.82, 2.24) is 9.91 Å². The molecule has 0 spiro atoms. The topological polar surface area (TPSA) is 102 Å². The average Bonchev–Trinajstić information content (AvgIpc) is 2.91. The van der Waals surface area contributed by atoms with Crippen LogP contribution in [0.2, 0.25) is 0 Å². The molecule has 2 amide bonds. The van der Waals surface area contributed by atoms with E-state index in [9.17, 15) is 9.59 Å². The summed E-state index contributed by atoms with van der Waals surface area (Å²) < 4.78 is 21.3. The van der Waals surface area contributed by atoms with E-state index < -0.39 is 6.09 Å². The van der Waals surface area contributed by atoms with Crippen molar-refractivity contribution in [2.24, 2.45) is 5.10 Å². The Kier molecular flexibility index (Phi) is 8.75. The maximum Gasteiger partial charge on any atom is 0.411 e. The molecule has 0 atom stereocenters. The third-order valence-electron chi connectivity index (χ3n) is 6.10. The molecular weight excluding hydrogens is 464 g/mol. The lowest BCUT2D eigenvalue weighted by molar-refractivity contribution is -0.132. The lowest BCUT2D eigenvalue weighted by Gasteiger charge is -2.26. The van der Waals surface area contributed by atoms with Crippen molar-refractivity contribution in [3.05, 3.63) is 53.6 Å². The van der Waals surface area contributed by atoms with Crippen LogP contribution < -0.4 is 14.8 Å². The fourth-order valence-corrected chi connectivity index (χ4v) is 4.06. The second-order valence-electron chi connectivity index (χ2n) is 8.48. The maximum absolute atomic E-state index is 12.5. The first-order valence-corrected chi connectivity index (χ1v) is 12.0. The monoisotopic (exact) mass is 496 g/mol. The van der Waals surface area contributed by atoms with E-state index in [0.29, 0.717) is 62.9 Å². The molecule has 1 N–H and O–H groups in total. The number of amides is 2. The minimum atomic E-state index is -0.494. The number of rotatable bonds is 9. The molecule has 2 aromatic rings. The number of carbonyl (C=O) groups is 2. The van der Waals surface area contributed by atoms with Gasteiger partial charge >= 0.3 is 6.09 Å². The summed E-state index contributed by atoms with van der Waals surface area (Å²) in [4.78, 5) is 26.8. The Labute approximate surface area is 210 Å². The van der Waals surface area contributed by atoms with Crippen molar-refractivity contribution < 1.29 is 28.5 Å². The second kappa shape index (κ2) is 12.4. The van der Waals surface area contributed by atoms with Crippen LogP contribution in [0.15, 0.2) is 47.6 Å². The normalized spacial score (nSPS) is 16.3. The lowest BCUT2D eigenvalue weighted by atomic mass is 10.0. The molecule has 0 radical (unpaired) electrons. The van der Waals surface area contributed by atoms with E-state index in [4.69, 9.17) is 18.9 Å². The molecule has 1 fully saturated rings. The van der Waals surface area contributed by atoms with Crippen molar-refractivity contribution in [3.8, 4) is 11.5 Å². The summed E-state index contributed by atoms with van der Waals surface area (Å²) in [7, 11) is 3.18. The molecule has 36 heavy (non-hydrogen) atoms. The minimum Gasteiger partial charge on any atom is -0.493 e. The predicted octanol–water partition coefficient (Wildman–Crippen LogP) is 3.11. The number of hydrazone groups is 1. The molecule has 192 valence electrons. The number of anilines is 1. The highest BCUT2D eigenvalue weighted by Gasteiger charge is 2.22. The Morgan fingerprint density at radius 2 is 1.78 bits per heavy atom. The van der Waals surface area contributed by atoms with Crippen molar-refractivity contribution in [2.75, 3.05) is 59.0 Å². The first-order chi connectivity index (χ1) is 17.6. The van der Waals surface area contributed by atoms with Crippen molar-refractivity contribution in [3.63, 3.8) is 0 Å². The summed E-state index contributed by atoms with van der Waals surface area (Å²) in [6.45, 7) is 4.47. The van der Waals surface area contributed by atoms with Crippen LogP contribution in [0.3, 0.4) is 0 Å². The van der Waals surface area contributed by atoms with Crippen LogP contribution in [-0.2, 0) is 20.8 Å². The lowest BCUT2D eigenvalue weighted by Crippen LogP contribution is -2.38. The number of carbonyl (C=O) groups excluding carboxylic acids is 2. The van der Waals surface area contributed by atoms with E-state index in [1.54, 1.807) is 26.4 Å². The van der Waals surface area contributed by atoms with Gasteiger partial charge in [0.15, 0.2) is 11.5 Å². The van der Waals surface area contributed by atoms with Crippen LogP contribution >= 0.6 is 0 Å². The van der Waals surface area contributed by atoms with Crippen molar-refractivity contribution in [2.45, 2.75) is 19.4 Å². The van der Waals surface area contributed by atoms with Gasteiger partial charge in [0.1, 0.15) is 6.61 Å². The quantitative estimate of drug-likeness (QED) is 0.569. The van der Waals surface area contributed by atoms with Crippen molar-refractivity contribution >= 4 is 23.4 Å². The fraction of sp³-hybridized carbons (Fsp3) is 0.423. The molecule has 10 heteroatoms. The fourth-order valence-electron chi connectivity index (χ4n) is 4.06. The molecule has 10 nitrogen and oxygen atoms in total. The van der Waals surface area contributed by atoms with Gasteiger partial charge in [0, 0.05) is 43.7 Å². The van der Waals surface area contributed by atoms with Gasteiger partial charge in [-0.25, -0.2) is 9.80 Å². The molecule has 2 aromatic carbocycles. The number of benzene rings is 2. The van der Waals surface area contributed by atoms with E-state index in [1.165, 1.54) is 5.01 Å². The van der Waals surface area contributed by atoms with Crippen LogP contribution in [0, 0.1) is 0 Å². The Hall–Kier alpha value is -3.63. The van der Waals surface area contributed by atoms with E-state index in [-0.39, 0.29) is 5.91 Å². The van der Waals surface area contributed by atoms with E-state index in [0.717, 1.165) is 29.9 Å². The van der Waals surface area contributed by atoms with Gasteiger partial charge in [0.05, 0.1) is 39.7 Å². The van der Waals surface area contributed by atoms with Crippen LogP contribution in [0.5, 0.6) is 11.5 Å². The number of nitrogens with zero attached hydrogens (tertiary/aromatic N) is 3. The van der Waals surface area contributed by atoms with Gasteiger partial charge in [0.25, 0.3) is 0 Å². The predicted molar refractivity (Wildman–Crippen MR) is 135 cm³/mol. The first-order valence-electron chi connectivity index (χ1n) is 12.0. The first kappa shape index (κ1) is 25.5. The smallest absolute Gasteiger partial charge is 0.411 e. The maximum atomic E-state index is 12.5. The van der Waals surface area contributed by atoms with Gasteiger partial charge in [0.2, 0.25) is 5.91 Å². The summed E-state index contributed by atoms with van der Waals surface area (Å²) >= 11 is 0. The molecule has 0 bridgehead atoms. The Balaban J connectivity index is 1.32. The summed E-state index contributed by atoms with van der Waals surface area (Å²) in [6, 6.07) is 12.9. The summed E-state index contributed by atoms with van der Waals surface area (Å²) in [6.07, 6.45) is 0.441. The summed E-state index contributed by atoms with van der Waals surface area (Å²) in [5, 5.41) is 8.82. The number of hydrogen-bond donors (Lipinski definition) is 1. The van der Waals surface area contributed by atoms with E-state index in [1.807, 2.05) is 30.3 Å². The number of hydrogen-bond acceptors (Lipinski definition) is 8. The van der Waals surface area contributed by atoms with Crippen LogP contribution in [0.1, 0.15) is 24.0 Å². The molecule has 0 unspecified atom stereocenters. The van der Waals surface area contributed by atoms with Gasteiger partial charge in [-0.2, -0.15) is 5.10 Å². The molecule has 2 heterocycles. The minimum absolute atomic E-state index is 0.0368. The number of nitrogens with one attached hydrogen (secondary N) is 1. The largest absolute Gasteiger partial charge is 0.493 e. The molecular formula is C26H32N4O6. The zero-order chi connectivity index (χ0) is 25.3. The summed E-state index contributed by atoms with van der Waals surface area (Å²) in [5.41, 5.74) is 3.21. The molecule has 0 aliphatic carbocycles. The van der Waals surface area contributed by atoms with E-state index >= 15 is 0 Å². The van der Waals surface area contributed by atoms with Crippen LogP contribution in [0.4, 0.5) is 10.5 Å². The van der Waals surface area contributed by atoms with Gasteiger partial charge in [-0.15, -0.1) is 0 Å². The summed E-state index contributed by atoms with van der Waals surface area (Å²) in [5.74, 6) is 1.22. The highest BCUT2D eigenvalue weighted by molar-refractivity contribution is 6.04. The molecule has 2 aliphatic heterocycles. The van der Waals surface area contributed by atoms with E-state index in [2.05, 4.69) is 15.3 Å². The Morgan fingerprint density at radius 3 is 2.50 bits per heavy atom. The highest BCUT2D eigenvalue weighted by Crippen LogP contribution is 2.29. The molecule has 4 rings (SSSR count). The zero-order valence-electron chi connectivity index (χ0n) is 20.7. The number of ether oxygens (including phenoxy) is 4. The van der Waals surface area contributed by atoms with Crippen LogP contribution in [-0.4, -0.2) is 81.3 Å². The standard InChI is InChI=1S/C26H32N4O6/c1-33-23-9-5-20(17-24(23)34-2)22-8-10-25(31)30(28-22)18-19-3-6-21(7-4-19)27-26(32)36-16-13-29-11-14-35-15-12-29/h3-7,9,17H,8,10-16,18H2,1-2H3,(H,27,32). The SMILES string of the molecule is COc1ccc(C2=NN(Cc3ccc(NC(=O)OCCN4CCOCC4)cc3)C(=O)CC2)cc1OC. The Bertz CT molecular complexity index is 1080. The average molecular weight is 497 g/mol. The highest BCUT2D eigenvalue weighted by atomic mass is 16.5. The number of morpholine rings is 1. The van der Waals surface area contributed by atoms with Crippen LogP contribution in [0.25, 0.3) is 0 Å². The van der Waals surface area contributed by atoms with Gasteiger partial charge in [-0.05, 0) is 35.9 Å². The number of methoxy groups -OCH3 is 2. The molecule has 0 saturated carbocycles. The van der Waals surface area contributed by atoms with Gasteiger partial charge in [-0.1, -0.05) is 12.1 Å². The molecule has 0 aromatic heterocycles. The molecule has 2 aliphatic rings. The third-order valence-corrected chi connectivity index (χ3v) is 6.10. The van der Waals surface area contributed by atoms with Crippen molar-refractivity contribution in [1.29, 1.82) is 0 Å². The molecule has 1 saturated heterocycles. The van der Waals surface area contributed by atoms with Gasteiger partial charge in [-0.3, -0.25) is 15.0 Å². The Morgan fingerprint density at radius 1 is 1.03 bits per heavy atom. The zero-order valence-corrected chi connectivity index (χ0v) is 20.7. The third kappa shape index (κ3) is 6.73. The second-order valence-corrected chi connectivity index (χ2v) is 8.48. The van der Waals surface area contributed by atoms with Gasteiger partial charge < -0.3 is 18.9 Å².